The number of nitrogens with one attached hydrogen (secondary N) is 2. The third-order valence-electron chi connectivity index (χ3n) is 3.84. The first kappa shape index (κ1) is 14.5. The van der Waals surface area contributed by atoms with Crippen LogP contribution in [0.15, 0.2) is 0 Å². The summed E-state index contributed by atoms with van der Waals surface area (Å²) in [5.74, 6) is 0.144. The molecule has 1 aliphatic rings. The van der Waals surface area contributed by atoms with Gasteiger partial charge in [0, 0.05) is 31.6 Å². The highest BCUT2D eigenvalue weighted by atomic mass is 16.1. The molecule has 0 heterocycles. The van der Waals surface area contributed by atoms with Crippen LogP contribution in [0.1, 0.15) is 39.0 Å². The Kier molecular flexibility index (Phi) is 5.92. The molecule has 1 amide bonds. The van der Waals surface area contributed by atoms with Crippen molar-refractivity contribution < 1.29 is 4.79 Å². The van der Waals surface area contributed by atoms with Gasteiger partial charge in [0.2, 0.25) is 5.91 Å². The predicted octanol–water partition coefficient (Wildman–Crippen LogP) is 0.977. The minimum absolute atomic E-state index is 0.144. The molecule has 0 aromatic heterocycles. The van der Waals surface area contributed by atoms with Gasteiger partial charge in [-0.15, -0.1) is 0 Å². The zero-order chi connectivity index (χ0) is 12.7. The van der Waals surface area contributed by atoms with E-state index in [0.717, 1.165) is 19.6 Å². The summed E-state index contributed by atoms with van der Waals surface area (Å²) in [4.78, 5) is 13.6. The molecule has 0 saturated heterocycles. The maximum Gasteiger partial charge on any atom is 0.221 e. The van der Waals surface area contributed by atoms with Crippen molar-refractivity contribution in [1.29, 1.82) is 0 Å². The van der Waals surface area contributed by atoms with Crippen molar-refractivity contribution in [1.82, 2.24) is 15.5 Å². The van der Waals surface area contributed by atoms with Crippen molar-refractivity contribution in [2.24, 2.45) is 0 Å². The second-order valence-electron chi connectivity index (χ2n) is 5.21. The topological polar surface area (TPSA) is 44.4 Å². The molecule has 0 bridgehead atoms. The van der Waals surface area contributed by atoms with E-state index >= 15 is 0 Å². The summed E-state index contributed by atoms with van der Waals surface area (Å²) >= 11 is 0. The Morgan fingerprint density at radius 1 is 1.29 bits per heavy atom. The van der Waals surface area contributed by atoms with Crippen LogP contribution in [0.2, 0.25) is 0 Å². The van der Waals surface area contributed by atoms with Crippen LogP contribution in [-0.4, -0.2) is 50.1 Å². The van der Waals surface area contributed by atoms with Gasteiger partial charge in [0.15, 0.2) is 0 Å². The Labute approximate surface area is 105 Å². The minimum atomic E-state index is 0.144. The fourth-order valence-corrected chi connectivity index (χ4v) is 2.62. The van der Waals surface area contributed by atoms with E-state index in [1.807, 2.05) is 6.92 Å². The molecule has 0 radical (unpaired) electrons. The Balaban J connectivity index is 2.22. The molecule has 4 nitrogen and oxygen atoms in total. The highest BCUT2D eigenvalue weighted by molar-refractivity contribution is 5.75. The number of hydrogen-bond acceptors (Lipinski definition) is 3. The van der Waals surface area contributed by atoms with Gasteiger partial charge in [-0.2, -0.15) is 0 Å². The molecule has 1 saturated carbocycles. The van der Waals surface area contributed by atoms with Crippen LogP contribution in [0.5, 0.6) is 0 Å². The van der Waals surface area contributed by atoms with Gasteiger partial charge in [-0.25, -0.2) is 0 Å². The maximum atomic E-state index is 11.3. The maximum absolute atomic E-state index is 11.3. The van der Waals surface area contributed by atoms with Crippen LogP contribution < -0.4 is 10.6 Å². The lowest BCUT2D eigenvalue weighted by Gasteiger charge is -2.36. The highest BCUT2D eigenvalue weighted by Crippen LogP contribution is 2.32. The van der Waals surface area contributed by atoms with Crippen molar-refractivity contribution in [3.63, 3.8) is 0 Å². The van der Waals surface area contributed by atoms with Crippen molar-refractivity contribution in [3.8, 4) is 0 Å². The molecule has 1 aliphatic carbocycles. The first-order valence-corrected chi connectivity index (χ1v) is 6.75. The van der Waals surface area contributed by atoms with E-state index in [9.17, 15) is 4.79 Å². The number of amides is 1. The van der Waals surface area contributed by atoms with Gasteiger partial charge in [-0.3, -0.25) is 4.79 Å². The van der Waals surface area contributed by atoms with Gasteiger partial charge in [0.05, 0.1) is 0 Å². The summed E-state index contributed by atoms with van der Waals surface area (Å²) in [6, 6.07) is 0. The van der Waals surface area contributed by atoms with E-state index in [0.29, 0.717) is 12.0 Å². The average molecular weight is 241 g/mol. The van der Waals surface area contributed by atoms with E-state index < -0.39 is 0 Å². The second-order valence-corrected chi connectivity index (χ2v) is 5.21. The molecule has 0 unspecified atom stereocenters. The van der Waals surface area contributed by atoms with Crippen LogP contribution in [0.25, 0.3) is 0 Å². The first-order valence-electron chi connectivity index (χ1n) is 6.75. The summed E-state index contributed by atoms with van der Waals surface area (Å²) in [5, 5.41) is 6.25. The van der Waals surface area contributed by atoms with Crippen molar-refractivity contribution in [2.45, 2.75) is 44.6 Å². The number of carbonyl (C=O) groups is 1. The molecular weight excluding hydrogens is 214 g/mol. The average Bonchev–Trinajstić information content (AvgIpc) is 2.75. The summed E-state index contributed by atoms with van der Waals surface area (Å²) in [7, 11) is 4.33. The van der Waals surface area contributed by atoms with Crippen molar-refractivity contribution in [3.05, 3.63) is 0 Å². The van der Waals surface area contributed by atoms with Gasteiger partial charge in [-0.1, -0.05) is 12.8 Å². The first-order chi connectivity index (χ1) is 8.10. The summed E-state index contributed by atoms with van der Waals surface area (Å²) in [6.45, 7) is 4.45. The zero-order valence-electron chi connectivity index (χ0n) is 11.5. The predicted molar refractivity (Wildman–Crippen MR) is 71.1 cm³/mol. The largest absolute Gasteiger partial charge is 0.356 e. The summed E-state index contributed by atoms with van der Waals surface area (Å²) in [6.07, 6.45) is 5.78. The Hall–Kier alpha value is -0.610. The number of carbonyl (C=O) groups excluding carboxylic acids is 1. The standard InChI is InChI=1S/C13H27N3O/c1-4-15-12(17)7-10-14-11-13(16(2)3)8-5-6-9-13/h14H,4-11H2,1-3H3,(H,15,17). The molecule has 0 spiro atoms. The minimum Gasteiger partial charge on any atom is -0.356 e. The summed E-state index contributed by atoms with van der Waals surface area (Å²) in [5.41, 5.74) is 0.321. The molecule has 2 N–H and O–H groups in total. The van der Waals surface area contributed by atoms with E-state index in [1.54, 1.807) is 0 Å². The Bertz CT molecular complexity index is 235. The van der Waals surface area contributed by atoms with E-state index in [1.165, 1.54) is 25.7 Å². The SMILES string of the molecule is CCNC(=O)CCNCC1(N(C)C)CCCC1. The van der Waals surface area contributed by atoms with E-state index in [2.05, 4.69) is 29.6 Å². The lowest BCUT2D eigenvalue weighted by Crippen LogP contribution is -2.50. The molecule has 0 aliphatic heterocycles. The lowest BCUT2D eigenvalue weighted by atomic mass is 9.96. The second kappa shape index (κ2) is 6.97. The third-order valence-corrected chi connectivity index (χ3v) is 3.84. The number of likely N-dealkylation sites (N-methyl/N-ethyl adjacent to an activating group) is 1. The molecule has 100 valence electrons. The van der Waals surface area contributed by atoms with E-state index in [4.69, 9.17) is 0 Å². The van der Waals surface area contributed by atoms with Crippen molar-refractivity contribution >= 4 is 5.91 Å². The van der Waals surface area contributed by atoms with E-state index in [-0.39, 0.29) is 5.91 Å². The van der Waals surface area contributed by atoms with Gasteiger partial charge < -0.3 is 15.5 Å². The zero-order valence-corrected chi connectivity index (χ0v) is 11.5. The monoisotopic (exact) mass is 241 g/mol. The third kappa shape index (κ3) is 4.28. The smallest absolute Gasteiger partial charge is 0.221 e. The van der Waals surface area contributed by atoms with Crippen molar-refractivity contribution in [2.75, 3.05) is 33.7 Å². The fourth-order valence-electron chi connectivity index (χ4n) is 2.62. The van der Waals surface area contributed by atoms with Crippen LogP contribution in [0.4, 0.5) is 0 Å². The lowest BCUT2D eigenvalue weighted by molar-refractivity contribution is -0.120. The van der Waals surface area contributed by atoms with Crippen LogP contribution in [0, 0.1) is 0 Å². The molecule has 1 rings (SSSR count). The molecule has 1 fully saturated rings. The fraction of sp³-hybridized carbons (Fsp3) is 0.923. The molecular formula is C13H27N3O. The summed E-state index contributed by atoms with van der Waals surface area (Å²) < 4.78 is 0. The molecule has 0 aromatic rings. The van der Waals surface area contributed by atoms with Gasteiger partial charge in [-0.05, 0) is 33.9 Å². The highest BCUT2D eigenvalue weighted by Gasteiger charge is 2.35. The normalized spacial score (nSPS) is 18.6. The molecule has 0 atom stereocenters. The quantitative estimate of drug-likeness (QED) is 0.653. The molecule has 4 heteroatoms. The molecule has 17 heavy (non-hydrogen) atoms. The van der Waals surface area contributed by atoms with Gasteiger partial charge >= 0.3 is 0 Å². The molecule has 0 aromatic carbocycles. The Morgan fingerprint density at radius 2 is 1.94 bits per heavy atom. The number of nitrogens with zero attached hydrogens (tertiary/aromatic N) is 1. The van der Waals surface area contributed by atoms with Gasteiger partial charge in [0.1, 0.15) is 0 Å². The van der Waals surface area contributed by atoms with Gasteiger partial charge in [0.25, 0.3) is 0 Å². The Morgan fingerprint density at radius 3 is 2.47 bits per heavy atom. The van der Waals surface area contributed by atoms with Crippen LogP contribution in [-0.2, 0) is 4.79 Å². The van der Waals surface area contributed by atoms with Crippen LogP contribution in [0.3, 0.4) is 0 Å². The van der Waals surface area contributed by atoms with Crippen LogP contribution >= 0.6 is 0 Å². The number of hydrogen-bond donors (Lipinski definition) is 2. The number of rotatable bonds is 7.